The highest BCUT2D eigenvalue weighted by atomic mass is 16.5. The van der Waals surface area contributed by atoms with Crippen LogP contribution in [0, 0.1) is 5.92 Å². The van der Waals surface area contributed by atoms with Crippen molar-refractivity contribution in [2.75, 3.05) is 27.4 Å². The lowest BCUT2D eigenvalue weighted by atomic mass is 9.92. The van der Waals surface area contributed by atoms with Crippen LogP contribution in [0.3, 0.4) is 0 Å². The molecule has 0 aliphatic carbocycles. The summed E-state index contributed by atoms with van der Waals surface area (Å²) in [6.45, 7) is 3.93. The highest BCUT2D eigenvalue weighted by molar-refractivity contribution is 5.26. The molecule has 0 spiro atoms. The molecule has 19 heavy (non-hydrogen) atoms. The monoisotopic (exact) mass is 263 g/mol. The molecule has 1 N–H and O–H groups in total. The highest BCUT2D eigenvalue weighted by Crippen LogP contribution is 2.31. The summed E-state index contributed by atoms with van der Waals surface area (Å²) in [5, 5.41) is 3.40. The van der Waals surface area contributed by atoms with E-state index in [1.165, 1.54) is 11.1 Å². The second kappa shape index (κ2) is 7.04. The molecule has 3 nitrogen and oxygen atoms in total. The number of hydrogen-bond acceptors (Lipinski definition) is 3. The van der Waals surface area contributed by atoms with E-state index in [4.69, 9.17) is 9.47 Å². The number of methoxy groups -OCH3 is 1. The third-order valence-electron chi connectivity index (χ3n) is 4.02. The maximum atomic E-state index is 5.89. The van der Waals surface area contributed by atoms with Gasteiger partial charge in [0, 0.05) is 13.7 Å². The van der Waals surface area contributed by atoms with Gasteiger partial charge < -0.3 is 14.8 Å². The minimum atomic E-state index is 0.286. The number of nitrogens with one attached hydrogen (secondary N) is 1. The van der Waals surface area contributed by atoms with Gasteiger partial charge in [-0.2, -0.15) is 0 Å². The van der Waals surface area contributed by atoms with Gasteiger partial charge in [0.15, 0.2) is 0 Å². The SMILES string of the molecule is CNC(c1ccc(CCOC)cc1)C1OCCC1C. The summed E-state index contributed by atoms with van der Waals surface area (Å²) < 4.78 is 11.0. The number of rotatable bonds is 6. The fraction of sp³-hybridized carbons (Fsp3) is 0.625. The van der Waals surface area contributed by atoms with Gasteiger partial charge in [-0.3, -0.25) is 0 Å². The smallest absolute Gasteiger partial charge is 0.0795 e. The molecule has 0 saturated carbocycles. The lowest BCUT2D eigenvalue weighted by Gasteiger charge is -2.26. The average Bonchev–Trinajstić information content (AvgIpc) is 2.85. The fourth-order valence-electron chi connectivity index (χ4n) is 2.78. The molecule has 1 aromatic rings. The number of ether oxygens (including phenoxy) is 2. The van der Waals surface area contributed by atoms with Crippen molar-refractivity contribution in [2.24, 2.45) is 5.92 Å². The Morgan fingerprint density at radius 1 is 1.37 bits per heavy atom. The summed E-state index contributed by atoms with van der Waals surface area (Å²) >= 11 is 0. The normalized spacial score (nSPS) is 24.6. The Hall–Kier alpha value is -0.900. The van der Waals surface area contributed by atoms with Gasteiger partial charge in [-0.15, -0.1) is 0 Å². The van der Waals surface area contributed by atoms with Crippen molar-refractivity contribution in [1.29, 1.82) is 0 Å². The van der Waals surface area contributed by atoms with Crippen LogP contribution >= 0.6 is 0 Å². The van der Waals surface area contributed by atoms with E-state index in [1.54, 1.807) is 7.11 Å². The Balaban J connectivity index is 2.06. The summed E-state index contributed by atoms with van der Waals surface area (Å²) in [5.41, 5.74) is 2.63. The second-order valence-electron chi connectivity index (χ2n) is 5.35. The highest BCUT2D eigenvalue weighted by Gasteiger charge is 2.31. The number of likely N-dealkylation sites (N-methyl/N-ethyl adjacent to an activating group) is 1. The fourth-order valence-corrected chi connectivity index (χ4v) is 2.78. The van der Waals surface area contributed by atoms with Crippen LogP contribution in [-0.2, 0) is 15.9 Å². The molecule has 3 unspecified atom stereocenters. The van der Waals surface area contributed by atoms with Crippen LogP contribution < -0.4 is 5.32 Å². The zero-order valence-electron chi connectivity index (χ0n) is 12.2. The van der Waals surface area contributed by atoms with E-state index in [2.05, 4.69) is 36.5 Å². The van der Waals surface area contributed by atoms with Crippen LogP contribution in [0.4, 0.5) is 0 Å². The van der Waals surface area contributed by atoms with E-state index in [1.807, 2.05) is 7.05 Å². The molecule has 1 aliphatic heterocycles. The summed E-state index contributed by atoms with van der Waals surface area (Å²) in [6.07, 6.45) is 2.42. The summed E-state index contributed by atoms with van der Waals surface area (Å²) in [7, 11) is 3.75. The second-order valence-corrected chi connectivity index (χ2v) is 5.35. The first-order valence-electron chi connectivity index (χ1n) is 7.13. The third kappa shape index (κ3) is 3.56. The van der Waals surface area contributed by atoms with E-state index in [9.17, 15) is 0 Å². The topological polar surface area (TPSA) is 30.5 Å². The van der Waals surface area contributed by atoms with Crippen LogP contribution in [0.15, 0.2) is 24.3 Å². The van der Waals surface area contributed by atoms with E-state index >= 15 is 0 Å². The van der Waals surface area contributed by atoms with Crippen LogP contribution in [0.2, 0.25) is 0 Å². The Bertz CT molecular complexity index is 377. The van der Waals surface area contributed by atoms with Crippen LogP contribution in [0.25, 0.3) is 0 Å². The molecule has 3 atom stereocenters. The molecule has 1 aromatic carbocycles. The van der Waals surface area contributed by atoms with Gasteiger partial charge in [0.05, 0.1) is 18.8 Å². The molecule has 0 bridgehead atoms. The van der Waals surface area contributed by atoms with E-state index < -0.39 is 0 Å². The maximum Gasteiger partial charge on any atom is 0.0795 e. The van der Waals surface area contributed by atoms with Gasteiger partial charge in [-0.05, 0) is 36.9 Å². The molecule has 3 heteroatoms. The van der Waals surface area contributed by atoms with Gasteiger partial charge in [0.1, 0.15) is 0 Å². The Morgan fingerprint density at radius 2 is 2.11 bits per heavy atom. The zero-order chi connectivity index (χ0) is 13.7. The van der Waals surface area contributed by atoms with Crippen LogP contribution in [0.5, 0.6) is 0 Å². The van der Waals surface area contributed by atoms with Crippen LogP contribution in [-0.4, -0.2) is 33.5 Å². The van der Waals surface area contributed by atoms with Crippen molar-refractivity contribution in [3.8, 4) is 0 Å². The summed E-state index contributed by atoms with van der Waals surface area (Å²) in [6, 6.07) is 9.09. The molecule has 0 amide bonds. The Morgan fingerprint density at radius 3 is 2.63 bits per heavy atom. The minimum absolute atomic E-state index is 0.286. The number of benzene rings is 1. The molecule has 2 rings (SSSR count). The molecule has 1 saturated heterocycles. The van der Waals surface area contributed by atoms with Gasteiger partial charge in [-0.1, -0.05) is 31.2 Å². The quantitative estimate of drug-likeness (QED) is 0.855. The van der Waals surface area contributed by atoms with Crippen molar-refractivity contribution in [3.05, 3.63) is 35.4 Å². The molecule has 1 heterocycles. The van der Waals surface area contributed by atoms with Crippen molar-refractivity contribution < 1.29 is 9.47 Å². The van der Waals surface area contributed by atoms with E-state index in [0.717, 1.165) is 26.1 Å². The molecule has 1 aliphatic rings. The van der Waals surface area contributed by atoms with Gasteiger partial charge in [0.25, 0.3) is 0 Å². The third-order valence-corrected chi connectivity index (χ3v) is 4.02. The predicted molar refractivity (Wildman–Crippen MR) is 77.3 cm³/mol. The molecular weight excluding hydrogens is 238 g/mol. The van der Waals surface area contributed by atoms with Gasteiger partial charge in [-0.25, -0.2) is 0 Å². The van der Waals surface area contributed by atoms with Gasteiger partial charge >= 0.3 is 0 Å². The van der Waals surface area contributed by atoms with E-state index in [0.29, 0.717) is 5.92 Å². The summed E-state index contributed by atoms with van der Waals surface area (Å²) in [5.74, 6) is 0.616. The minimum Gasteiger partial charge on any atom is -0.384 e. The van der Waals surface area contributed by atoms with Crippen molar-refractivity contribution in [1.82, 2.24) is 5.32 Å². The summed E-state index contributed by atoms with van der Waals surface area (Å²) in [4.78, 5) is 0. The first-order valence-corrected chi connectivity index (χ1v) is 7.13. The first kappa shape index (κ1) is 14.5. The van der Waals surface area contributed by atoms with E-state index in [-0.39, 0.29) is 12.1 Å². The molecule has 106 valence electrons. The molecule has 0 aromatic heterocycles. The Labute approximate surface area is 116 Å². The van der Waals surface area contributed by atoms with Crippen molar-refractivity contribution in [2.45, 2.75) is 31.9 Å². The van der Waals surface area contributed by atoms with Crippen molar-refractivity contribution in [3.63, 3.8) is 0 Å². The molecule has 1 fully saturated rings. The Kier molecular flexibility index (Phi) is 5.37. The first-order chi connectivity index (χ1) is 9.26. The molecular formula is C16H25NO2. The largest absolute Gasteiger partial charge is 0.384 e. The molecule has 0 radical (unpaired) electrons. The van der Waals surface area contributed by atoms with Gasteiger partial charge in [0.2, 0.25) is 0 Å². The average molecular weight is 263 g/mol. The predicted octanol–water partition coefficient (Wildman–Crippen LogP) is 2.56. The van der Waals surface area contributed by atoms with Crippen molar-refractivity contribution >= 4 is 0 Å². The zero-order valence-corrected chi connectivity index (χ0v) is 12.2. The lowest BCUT2D eigenvalue weighted by Crippen LogP contribution is -2.32. The standard InChI is InChI=1S/C16H25NO2/c1-12-8-11-19-16(12)15(17-2)14-6-4-13(5-7-14)9-10-18-3/h4-7,12,15-17H,8-11H2,1-3H3. The number of hydrogen-bond donors (Lipinski definition) is 1. The van der Waals surface area contributed by atoms with Crippen LogP contribution in [0.1, 0.15) is 30.5 Å². The lowest BCUT2D eigenvalue weighted by molar-refractivity contribution is 0.0631. The maximum absolute atomic E-state index is 5.89.